The predicted molar refractivity (Wildman–Crippen MR) is 86.1 cm³/mol. The van der Waals surface area contributed by atoms with Crippen molar-refractivity contribution in [2.45, 2.75) is 26.8 Å². The lowest BCUT2D eigenvalue weighted by Crippen LogP contribution is -2.20. The molecule has 114 valence electrons. The normalized spacial score (nSPS) is 11.2. The summed E-state index contributed by atoms with van der Waals surface area (Å²) in [6, 6.07) is 1.85. The van der Waals surface area contributed by atoms with Crippen molar-refractivity contribution in [3.8, 4) is 0 Å². The molecule has 3 rings (SSSR count). The van der Waals surface area contributed by atoms with Crippen LogP contribution in [0.4, 0.5) is 0 Å². The summed E-state index contributed by atoms with van der Waals surface area (Å²) in [5, 5.41) is 10.4. The molecule has 0 spiro atoms. The van der Waals surface area contributed by atoms with Gasteiger partial charge in [-0.2, -0.15) is 0 Å². The highest BCUT2D eigenvalue weighted by molar-refractivity contribution is 7.18. The van der Waals surface area contributed by atoms with E-state index in [0.29, 0.717) is 29.1 Å². The summed E-state index contributed by atoms with van der Waals surface area (Å²) in [6.45, 7) is 4.06. The lowest BCUT2D eigenvalue weighted by atomic mass is 10.3. The minimum atomic E-state index is -0.963. The molecule has 0 atom stereocenters. The van der Waals surface area contributed by atoms with Gasteiger partial charge < -0.3 is 5.11 Å². The molecule has 0 amide bonds. The molecule has 0 aliphatic heterocycles. The average Bonchev–Trinajstić information content (AvgIpc) is 3.01. The van der Waals surface area contributed by atoms with Crippen LogP contribution in [0.2, 0.25) is 0 Å². The van der Waals surface area contributed by atoms with Crippen molar-refractivity contribution in [2.24, 2.45) is 0 Å². The third-order valence-electron chi connectivity index (χ3n) is 3.24. The Bertz CT molecular complexity index is 923. The van der Waals surface area contributed by atoms with Crippen LogP contribution in [0, 0.1) is 13.8 Å². The van der Waals surface area contributed by atoms with Crippen molar-refractivity contribution in [1.29, 1.82) is 0 Å². The fourth-order valence-electron chi connectivity index (χ4n) is 2.21. The second-order valence-corrected chi connectivity index (χ2v) is 7.21. The van der Waals surface area contributed by atoms with Gasteiger partial charge in [0.1, 0.15) is 9.71 Å². The second-order valence-electron chi connectivity index (χ2n) is 4.90. The summed E-state index contributed by atoms with van der Waals surface area (Å²) in [5.74, 6) is -0.963. The second kappa shape index (κ2) is 5.62. The molecule has 1 N–H and O–H groups in total. The number of rotatable bonds is 4. The molecule has 22 heavy (non-hydrogen) atoms. The molecule has 0 aliphatic carbocycles. The maximum atomic E-state index is 12.4. The molecular weight excluding hydrogens is 322 g/mol. The Morgan fingerprint density at radius 3 is 2.82 bits per heavy atom. The molecule has 3 aromatic heterocycles. The topological polar surface area (TPSA) is 85.1 Å². The van der Waals surface area contributed by atoms with E-state index in [4.69, 9.17) is 5.11 Å². The van der Waals surface area contributed by atoms with Crippen LogP contribution in [-0.4, -0.2) is 25.6 Å². The van der Waals surface area contributed by atoms with Gasteiger partial charge in [-0.1, -0.05) is 0 Å². The Morgan fingerprint density at radius 2 is 2.14 bits per heavy atom. The van der Waals surface area contributed by atoms with Crippen molar-refractivity contribution < 1.29 is 9.90 Å². The van der Waals surface area contributed by atoms with Gasteiger partial charge >= 0.3 is 5.97 Å². The standard InChI is InChI=1S/C14H13N3O3S2/c1-7-5-9-12(21-7)15-6-17(13(9)18)4-3-10-16-8(2)11(22-10)14(19)20/h5-6H,3-4H2,1-2H3,(H,19,20). The van der Waals surface area contributed by atoms with Crippen molar-refractivity contribution in [1.82, 2.24) is 14.5 Å². The zero-order valence-electron chi connectivity index (χ0n) is 12.0. The molecule has 8 heteroatoms. The highest BCUT2D eigenvalue weighted by atomic mass is 32.1. The average molecular weight is 335 g/mol. The zero-order chi connectivity index (χ0) is 15.9. The van der Waals surface area contributed by atoms with Gasteiger partial charge in [-0.25, -0.2) is 14.8 Å². The van der Waals surface area contributed by atoms with Crippen molar-refractivity contribution in [2.75, 3.05) is 0 Å². The van der Waals surface area contributed by atoms with E-state index in [-0.39, 0.29) is 10.4 Å². The monoisotopic (exact) mass is 335 g/mol. The van der Waals surface area contributed by atoms with Crippen LogP contribution in [0.25, 0.3) is 10.2 Å². The Kier molecular flexibility index (Phi) is 3.79. The van der Waals surface area contributed by atoms with Crippen molar-refractivity contribution in [3.05, 3.63) is 43.2 Å². The zero-order valence-corrected chi connectivity index (χ0v) is 13.6. The molecule has 0 radical (unpaired) electrons. The fourth-order valence-corrected chi connectivity index (χ4v) is 3.94. The summed E-state index contributed by atoms with van der Waals surface area (Å²) >= 11 is 2.65. The molecule has 0 aliphatic rings. The first-order chi connectivity index (χ1) is 10.5. The summed E-state index contributed by atoms with van der Waals surface area (Å²) in [7, 11) is 0. The van der Waals surface area contributed by atoms with Gasteiger partial charge in [-0.3, -0.25) is 9.36 Å². The summed E-state index contributed by atoms with van der Waals surface area (Å²) in [4.78, 5) is 34.0. The van der Waals surface area contributed by atoms with E-state index < -0.39 is 5.97 Å². The predicted octanol–water partition coefficient (Wildman–Crippen LogP) is 2.47. The van der Waals surface area contributed by atoms with Gasteiger partial charge in [0, 0.05) is 17.8 Å². The lowest BCUT2D eigenvalue weighted by Gasteiger charge is -2.03. The van der Waals surface area contributed by atoms with Crippen molar-refractivity contribution >= 4 is 38.9 Å². The van der Waals surface area contributed by atoms with E-state index in [0.717, 1.165) is 21.0 Å². The highest BCUT2D eigenvalue weighted by Gasteiger charge is 2.14. The van der Waals surface area contributed by atoms with Gasteiger partial charge in [0.15, 0.2) is 0 Å². The van der Waals surface area contributed by atoms with Gasteiger partial charge in [-0.05, 0) is 19.9 Å². The Balaban J connectivity index is 1.85. The summed E-state index contributed by atoms with van der Waals surface area (Å²) in [5.41, 5.74) is 0.447. The number of thiophene rings is 1. The van der Waals surface area contributed by atoms with E-state index in [1.807, 2.05) is 13.0 Å². The molecule has 0 saturated carbocycles. The first kappa shape index (κ1) is 14.9. The van der Waals surface area contributed by atoms with Crippen LogP contribution in [0.3, 0.4) is 0 Å². The first-order valence-corrected chi connectivity index (χ1v) is 8.24. The molecule has 6 nitrogen and oxygen atoms in total. The number of fused-ring (bicyclic) bond motifs is 1. The van der Waals surface area contributed by atoms with Crippen molar-refractivity contribution in [3.63, 3.8) is 0 Å². The van der Waals surface area contributed by atoms with Crippen LogP contribution in [0.15, 0.2) is 17.2 Å². The molecular formula is C14H13N3O3S2. The SMILES string of the molecule is Cc1cc2c(=O)n(CCc3nc(C)c(C(=O)O)s3)cnc2s1. The fraction of sp³-hybridized carbons (Fsp3) is 0.286. The Labute approximate surface area is 133 Å². The molecule has 0 fully saturated rings. The number of aryl methyl sites for hydroxylation is 4. The van der Waals surface area contributed by atoms with Gasteiger partial charge in [0.2, 0.25) is 0 Å². The molecule has 3 aromatic rings. The minimum Gasteiger partial charge on any atom is -0.477 e. The van der Waals surface area contributed by atoms with Crippen LogP contribution in [-0.2, 0) is 13.0 Å². The molecule has 3 heterocycles. The minimum absolute atomic E-state index is 0.0684. The maximum absolute atomic E-state index is 12.4. The number of hydrogen-bond acceptors (Lipinski definition) is 6. The third-order valence-corrected chi connectivity index (χ3v) is 5.41. The van der Waals surface area contributed by atoms with Gasteiger partial charge in [0.05, 0.1) is 22.4 Å². The van der Waals surface area contributed by atoms with Crippen LogP contribution in [0.5, 0.6) is 0 Å². The van der Waals surface area contributed by atoms with E-state index in [2.05, 4.69) is 9.97 Å². The first-order valence-electron chi connectivity index (χ1n) is 6.61. The van der Waals surface area contributed by atoms with Gasteiger partial charge in [0.25, 0.3) is 5.56 Å². The third kappa shape index (κ3) is 2.67. The van der Waals surface area contributed by atoms with Crippen LogP contribution >= 0.6 is 22.7 Å². The number of carboxylic acids is 1. The summed E-state index contributed by atoms with van der Waals surface area (Å²) < 4.78 is 1.55. The van der Waals surface area contributed by atoms with E-state index in [1.165, 1.54) is 11.3 Å². The van der Waals surface area contributed by atoms with E-state index in [9.17, 15) is 9.59 Å². The number of aromatic nitrogens is 3. The number of hydrogen-bond donors (Lipinski definition) is 1. The van der Waals surface area contributed by atoms with Crippen LogP contribution < -0.4 is 5.56 Å². The number of carboxylic acid groups (broad SMARTS) is 1. The van der Waals surface area contributed by atoms with Gasteiger partial charge in [-0.15, -0.1) is 22.7 Å². The number of thiazole rings is 1. The molecule has 0 unspecified atom stereocenters. The Hall–Kier alpha value is -2.06. The molecule has 0 aromatic carbocycles. The summed E-state index contributed by atoms with van der Waals surface area (Å²) in [6.07, 6.45) is 2.05. The smallest absolute Gasteiger partial charge is 0.347 e. The van der Waals surface area contributed by atoms with Crippen LogP contribution in [0.1, 0.15) is 25.3 Å². The largest absolute Gasteiger partial charge is 0.477 e. The maximum Gasteiger partial charge on any atom is 0.347 e. The number of aromatic carboxylic acids is 1. The number of carbonyl (C=O) groups is 1. The van der Waals surface area contributed by atoms with E-state index in [1.54, 1.807) is 17.8 Å². The Morgan fingerprint density at radius 1 is 1.36 bits per heavy atom. The number of nitrogens with zero attached hydrogens (tertiary/aromatic N) is 3. The highest BCUT2D eigenvalue weighted by Crippen LogP contribution is 2.20. The molecule has 0 saturated heterocycles. The lowest BCUT2D eigenvalue weighted by molar-refractivity contribution is 0.0701. The van der Waals surface area contributed by atoms with E-state index >= 15 is 0 Å². The molecule has 0 bridgehead atoms. The quantitative estimate of drug-likeness (QED) is 0.791.